The fourth-order valence-electron chi connectivity index (χ4n) is 2.53. The number of aromatic nitrogens is 2. The number of carbonyl (C=O) groups is 1. The van der Waals surface area contributed by atoms with Crippen LogP contribution < -0.4 is 16.4 Å². The summed E-state index contributed by atoms with van der Waals surface area (Å²) in [7, 11) is 0. The topological polar surface area (TPSA) is 113 Å². The average molecular weight is 321 g/mol. The highest BCUT2D eigenvalue weighted by molar-refractivity contribution is 5.97. The average Bonchev–Trinajstić information content (AvgIpc) is 2.49. The molecule has 1 aliphatic carbocycles. The maximum absolute atomic E-state index is 11.6. The van der Waals surface area contributed by atoms with Crippen LogP contribution in [0, 0.1) is 5.92 Å². The van der Waals surface area contributed by atoms with Crippen LogP contribution in [0.1, 0.15) is 56.8 Å². The smallest absolute Gasteiger partial charge is 0.254 e. The molecular weight excluding hydrogens is 294 g/mol. The first-order valence-corrected chi connectivity index (χ1v) is 8.24. The van der Waals surface area contributed by atoms with Gasteiger partial charge in [0.2, 0.25) is 5.95 Å². The van der Waals surface area contributed by atoms with Gasteiger partial charge in [0.05, 0.1) is 11.7 Å². The van der Waals surface area contributed by atoms with E-state index in [-0.39, 0.29) is 18.2 Å². The number of hydrogen-bond acceptors (Lipinski definition) is 6. The molecule has 0 aromatic carbocycles. The van der Waals surface area contributed by atoms with Gasteiger partial charge in [-0.1, -0.05) is 13.8 Å². The van der Waals surface area contributed by atoms with E-state index in [1.54, 1.807) is 0 Å². The van der Waals surface area contributed by atoms with Crippen LogP contribution in [0.25, 0.3) is 0 Å². The van der Waals surface area contributed by atoms with E-state index < -0.39 is 5.91 Å². The summed E-state index contributed by atoms with van der Waals surface area (Å²) in [5.41, 5.74) is 5.70. The maximum Gasteiger partial charge on any atom is 0.254 e. The Labute approximate surface area is 137 Å². The predicted octanol–water partition coefficient (Wildman–Crippen LogP) is 1.75. The minimum atomic E-state index is -0.546. The van der Waals surface area contributed by atoms with Gasteiger partial charge in [0.25, 0.3) is 5.91 Å². The van der Waals surface area contributed by atoms with Crippen LogP contribution in [0.2, 0.25) is 0 Å². The van der Waals surface area contributed by atoms with E-state index in [2.05, 4.69) is 34.4 Å². The molecule has 1 amide bonds. The van der Waals surface area contributed by atoms with Crippen LogP contribution in [0.15, 0.2) is 6.20 Å². The third-order valence-electron chi connectivity index (χ3n) is 4.45. The number of amides is 1. The standard InChI is InChI=1S/C16H27N5O2/c1-9(2)10(3)19-15-13(14(17)23)8-18-16(21-15)20-11-4-6-12(22)7-5-11/h8-12,22H,4-7H2,1-3H3,(H2,17,23)(H2,18,19,20,21). The first kappa shape index (κ1) is 17.5. The number of aliphatic hydroxyl groups is 1. The molecule has 0 aliphatic heterocycles. The van der Waals surface area contributed by atoms with Crippen LogP contribution >= 0.6 is 0 Å². The van der Waals surface area contributed by atoms with Gasteiger partial charge in [0, 0.05) is 18.3 Å². The lowest BCUT2D eigenvalue weighted by Gasteiger charge is -2.26. The third-order valence-corrected chi connectivity index (χ3v) is 4.45. The quantitative estimate of drug-likeness (QED) is 0.635. The van der Waals surface area contributed by atoms with Crippen molar-refractivity contribution >= 4 is 17.7 Å². The van der Waals surface area contributed by atoms with Crippen molar-refractivity contribution in [3.63, 3.8) is 0 Å². The van der Waals surface area contributed by atoms with Crippen LogP contribution in [-0.2, 0) is 0 Å². The highest BCUT2D eigenvalue weighted by atomic mass is 16.3. The van der Waals surface area contributed by atoms with E-state index in [1.807, 2.05) is 6.92 Å². The number of nitrogens with zero attached hydrogens (tertiary/aromatic N) is 2. The molecule has 1 heterocycles. The lowest BCUT2D eigenvalue weighted by atomic mass is 9.93. The number of carbonyl (C=O) groups excluding carboxylic acids is 1. The fraction of sp³-hybridized carbons (Fsp3) is 0.688. The lowest BCUT2D eigenvalue weighted by Crippen LogP contribution is -2.30. The van der Waals surface area contributed by atoms with E-state index >= 15 is 0 Å². The Balaban J connectivity index is 2.13. The van der Waals surface area contributed by atoms with Gasteiger partial charge < -0.3 is 21.5 Å². The molecule has 1 saturated carbocycles. The van der Waals surface area contributed by atoms with E-state index in [0.29, 0.717) is 23.2 Å². The molecule has 7 nitrogen and oxygen atoms in total. The molecular formula is C16H27N5O2. The molecule has 1 aliphatic rings. The Hall–Kier alpha value is -1.89. The second-order valence-corrected chi connectivity index (χ2v) is 6.65. The number of nitrogens with two attached hydrogens (primary N) is 1. The summed E-state index contributed by atoms with van der Waals surface area (Å²) in [6.45, 7) is 6.22. The van der Waals surface area contributed by atoms with Gasteiger partial charge in [-0.05, 0) is 38.5 Å². The largest absolute Gasteiger partial charge is 0.393 e. The Morgan fingerprint density at radius 1 is 1.30 bits per heavy atom. The summed E-state index contributed by atoms with van der Waals surface area (Å²) in [5.74, 6) is 0.791. The Morgan fingerprint density at radius 3 is 2.52 bits per heavy atom. The molecule has 1 aromatic heterocycles. The summed E-state index contributed by atoms with van der Waals surface area (Å²) in [4.78, 5) is 20.2. The molecule has 5 N–H and O–H groups in total. The first-order valence-electron chi connectivity index (χ1n) is 8.24. The van der Waals surface area contributed by atoms with Crippen LogP contribution in [0.5, 0.6) is 0 Å². The SMILES string of the molecule is CC(C)C(C)Nc1nc(NC2CCC(O)CC2)ncc1C(N)=O. The first-order chi connectivity index (χ1) is 10.9. The predicted molar refractivity (Wildman–Crippen MR) is 90.4 cm³/mol. The highest BCUT2D eigenvalue weighted by Gasteiger charge is 2.21. The number of aliphatic hydroxyl groups excluding tert-OH is 1. The normalized spacial score (nSPS) is 22.7. The molecule has 1 unspecified atom stereocenters. The van der Waals surface area contributed by atoms with Gasteiger partial charge in [-0.3, -0.25) is 4.79 Å². The molecule has 0 bridgehead atoms. The van der Waals surface area contributed by atoms with Crippen LogP contribution in [0.3, 0.4) is 0 Å². The number of rotatable bonds is 6. The summed E-state index contributed by atoms with van der Waals surface area (Å²) in [5, 5.41) is 16.1. The van der Waals surface area contributed by atoms with Gasteiger partial charge in [-0.2, -0.15) is 4.98 Å². The van der Waals surface area contributed by atoms with Crippen molar-refractivity contribution in [2.45, 2.75) is 64.6 Å². The zero-order valence-electron chi connectivity index (χ0n) is 14.0. The molecule has 1 fully saturated rings. The Bertz CT molecular complexity index is 541. The minimum Gasteiger partial charge on any atom is -0.393 e. The van der Waals surface area contributed by atoms with E-state index in [1.165, 1.54) is 6.20 Å². The van der Waals surface area contributed by atoms with Gasteiger partial charge in [-0.15, -0.1) is 0 Å². The summed E-state index contributed by atoms with van der Waals surface area (Å²) < 4.78 is 0. The van der Waals surface area contributed by atoms with Crippen molar-refractivity contribution in [2.24, 2.45) is 11.7 Å². The third kappa shape index (κ3) is 4.79. The van der Waals surface area contributed by atoms with Crippen LogP contribution in [0.4, 0.5) is 11.8 Å². The van der Waals surface area contributed by atoms with Crippen molar-refractivity contribution in [1.29, 1.82) is 0 Å². The van der Waals surface area contributed by atoms with Crippen molar-refractivity contribution in [2.75, 3.05) is 10.6 Å². The highest BCUT2D eigenvalue weighted by Crippen LogP contribution is 2.22. The van der Waals surface area contributed by atoms with Crippen LogP contribution in [-0.4, -0.2) is 39.2 Å². The number of hydrogen-bond donors (Lipinski definition) is 4. The second-order valence-electron chi connectivity index (χ2n) is 6.65. The molecule has 128 valence electrons. The van der Waals surface area contributed by atoms with E-state index in [0.717, 1.165) is 25.7 Å². The summed E-state index contributed by atoms with van der Waals surface area (Å²) in [6.07, 6.45) is 4.60. The Kier molecular flexibility index (Phi) is 5.76. The van der Waals surface area contributed by atoms with Gasteiger partial charge in [0.1, 0.15) is 5.82 Å². The monoisotopic (exact) mass is 321 g/mol. The molecule has 2 rings (SSSR count). The molecule has 23 heavy (non-hydrogen) atoms. The number of nitrogens with one attached hydrogen (secondary N) is 2. The zero-order valence-corrected chi connectivity index (χ0v) is 14.0. The summed E-state index contributed by atoms with van der Waals surface area (Å²) >= 11 is 0. The van der Waals surface area contributed by atoms with Crippen molar-refractivity contribution in [3.8, 4) is 0 Å². The fourth-order valence-corrected chi connectivity index (χ4v) is 2.53. The molecule has 0 spiro atoms. The lowest BCUT2D eigenvalue weighted by molar-refractivity contribution is 0.1000. The number of primary amides is 1. The molecule has 1 aromatic rings. The minimum absolute atomic E-state index is 0.153. The van der Waals surface area contributed by atoms with Gasteiger partial charge in [0.15, 0.2) is 0 Å². The molecule has 0 saturated heterocycles. The van der Waals surface area contributed by atoms with Crippen molar-refractivity contribution in [1.82, 2.24) is 9.97 Å². The number of anilines is 2. The zero-order chi connectivity index (χ0) is 17.0. The summed E-state index contributed by atoms with van der Waals surface area (Å²) in [6, 6.07) is 0.397. The molecule has 1 atom stereocenters. The van der Waals surface area contributed by atoms with Gasteiger partial charge in [-0.25, -0.2) is 4.98 Å². The molecule has 0 radical (unpaired) electrons. The van der Waals surface area contributed by atoms with E-state index in [9.17, 15) is 9.90 Å². The Morgan fingerprint density at radius 2 is 1.96 bits per heavy atom. The van der Waals surface area contributed by atoms with Crippen molar-refractivity contribution < 1.29 is 9.90 Å². The molecule has 7 heteroatoms. The van der Waals surface area contributed by atoms with Gasteiger partial charge >= 0.3 is 0 Å². The van der Waals surface area contributed by atoms with Crippen molar-refractivity contribution in [3.05, 3.63) is 11.8 Å². The maximum atomic E-state index is 11.6. The second kappa shape index (κ2) is 7.59. The van der Waals surface area contributed by atoms with E-state index in [4.69, 9.17) is 5.73 Å².